The Morgan fingerprint density at radius 1 is 1.04 bits per heavy atom. The molecule has 2 aromatic carbocycles. The molecule has 0 amide bonds. The minimum Gasteiger partial charge on any atom is -0.434 e. The standard InChI is InChI=1S/C20H17F2N3O/c21-14-5-3-13(4-6-14)15-9-11-23-12-17-16(15)7-8-18(20(17)22)26-19-2-1-10-24-25-19/h1-8,10,15,23H,9,11-12H2. The maximum atomic E-state index is 15.1. The van der Waals surface area contributed by atoms with Crippen molar-refractivity contribution < 1.29 is 13.5 Å². The molecule has 26 heavy (non-hydrogen) atoms. The molecule has 4 rings (SSSR count). The lowest BCUT2D eigenvalue weighted by molar-refractivity contribution is 0.417. The third-order valence-corrected chi connectivity index (χ3v) is 4.57. The average molecular weight is 353 g/mol. The minimum absolute atomic E-state index is 0.000618. The first kappa shape index (κ1) is 16.6. The molecule has 6 heteroatoms. The Labute approximate surface area is 149 Å². The van der Waals surface area contributed by atoms with E-state index in [9.17, 15) is 4.39 Å². The number of hydrogen-bond donors (Lipinski definition) is 1. The van der Waals surface area contributed by atoms with Gasteiger partial charge in [-0.3, -0.25) is 0 Å². The fourth-order valence-corrected chi connectivity index (χ4v) is 3.31. The summed E-state index contributed by atoms with van der Waals surface area (Å²) in [6.07, 6.45) is 2.33. The summed E-state index contributed by atoms with van der Waals surface area (Å²) in [6, 6.07) is 13.2. The van der Waals surface area contributed by atoms with Crippen LogP contribution in [0.15, 0.2) is 54.7 Å². The van der Waals surface area contributed by atoms with Gasteiger partial charge in [0.25, 0.3) is 0 Å². The highest BCUT2D eigenvalue weighted by Crippen LogP contribution is 2.36. The molecule has 0 saturated carbocycles. The summed E-state index contributed by atoms with van der Waals surface area (Å²) in [5.41, 5.74) is 2.43. The first-order chi connectivity index (χ1) is 12.7. The van der Waals surface area contributed by atoms with Crippen LogP contribution in [0.4, 0.5) is 8.78 Å². The third-order valence-electron chi connectivity index (χ3n) is 4.57. The fourth-order valence-electron chi connectivity index (χ4n) is 3.31. The first-order valence-corrected chi connectivity index (χ1v) is 8.45. The zero-order chi connectivity index (χ0) is 17.9. The first-order valence-electron chi connectivity index (χ1n) is 8.45. The molecular formula is C20H17F2N3O. The molecule has 0 aliphatic carbocycles. The van der Waals surface area contributed by atoms with Gasteiger partial charge < -0.3 is 10.1 Å². The molecule has 2 heterocycles. The Hall–Kier alpha value is -2.86. The Balaban J connectivity index is 1.72. The normalized spacial score (nSPS) is 16.6. The van der Waals surface area contributed by atoms with Crippen LogP contribution in [0.2, 0.25) is 0 Å². The van der Waals surface area contributed by atoms with Crippen LogP contribution in [0.1, 0.15) is 29.0 Å². The number of nitrogens with zero attached hydrogens (tertiary/aromatic N) is 2. The average Bonchev–Trinajstić information content (AvgIpc) is 2.89. The Bertz CT molecular complexity index is 901. The van der Waals surface area contributed by atoms with Gasteiger partial charge in [0.1, 0.15) is 5.82 Å². The quantitative estimate of drug-likeness (QED) is 0.768. The lowest BCUT2D eigenvalue weighted by Gasteiger charge is -2.19. The lowest BCUT2D eigenvalue weighted by atomic mass is 9.86. The lowest BCUT2D eigenvalue weighted by Crippen LogP contribution is -2.13. The zero-order valence-electron chi connectivity index (χ0n) is 14.0. The Kier molecular flexibility index (Phi) is 4.58. The van der Waals surface area contributed by atoms with E-state index in [0.717, 1.165) is 24.1 Å². The molecule has 1 aliphatic rings. The van der Waals surface area contributed by atoms with Crippen LogP contribution >= 0.6 is 0 Å². The summed E-state index contributed by atoms with van der Waals surface area (Å²) in [5.74, 6) is -0.330. The molecule has 0 radical (unpaired) electrons. The van der Waals surface area contributed by atoms with Gasteiger partial charge in [0.2, 0.25) is 5.88 Å². The van der Waals surface area contributed by atoms with Crippen molar-refractivity contribution in [3.63, 3.8) is 0 Å². The number of halogens is 2. The molecule has 0 saturated heterocycles. The molecular weight excluding hydrogens is 336 g/mol. The molecule has 1 aliphatic heterocycles. The Morgan fingerprint density at radius 3 is 2.65 bits per heavy atom. The van der Waals surface area contributed by atoms with E-state index in [1.165, 1.54) is 18.3 Å². The number of benzene rings is 2. The van der Waals surface area contributed by atoms with Crippen molar-refractivity contribution >= 4 is 0 Å². The Morgan fingerprint density at radius 2 is 1.88 bits per heavy atom. The van der Waals surface area contributed by atoms with Crippen LogP contribution in [0.5, 0.6) is 11.6 Å². The second-order valence-corrected chi connectivity index (χ2v) is 6.18. The number of aromatic nitrogens is 2. The van der Waals surface area contributed by atoms with Gasteiger partial charge in [0.05, 0.1) is 0 Å². The van der Waals surface area contributed by atoms with E-state index < -0.39 is 5.82 Å². The predicted octanol–water partition coefficient (Wildman–Crippen LogP) is 4.17. The molecule has 1 aromatic heterocycles. The van der Waals surface area contributed by atoms with E-state index in [1.54, 1.807) is 30.3 Å². The van der Waals surface area contributed by atoms with Crippen LogP contribution in [-0.4, -0.2) is 16.7 Å². The van der Waals surface area contributed by atoms with Crippen LogP contribution in [0.25, 0.3) is 0 Å². The number of rotatable bonds is 3. The van der Waals surface area contributed by atoms with Crippen molar-refractivity contribution in [2.24, 2.45) is 0 Å². The van der Waals surface area contributed by atoms with E-state index in [2.05, 4.69) is 15.5 Å². The summed E-state index contributed by atoms with van der Waals surface area (Å²) < 4.78 is 33.9. The summed E-state index contributed by atoms with van der Waals surface area (Å²) in [5, 5.41) is 10.8. The predicted molar refractivity (Wildman–Crippen MR) is 93.1 cm³/mol. The van der Waals surface area contributed by atoms with E-state index >= 15 is 4.39 Å². The second-order valence-electron chi connectivity index (χ2n) is 6.18. The van der Waals surface area contributed by atoms with Crippen LogP contribution in [-0.2, 0) is 6.54 Å². The van der Waals surface area contributed by atoms with E-state index in [-0.39, 0.29) is 23.4 Å². The molecule has 1 N–H and O–H groups in total. The summed E-state index contributed by atoms with van der Waals surface area (Å²) >= 11 is 0. The highest BCUT2D eigenvalue weighted by Gasteiger charge is 2.24. The molecule has 1 unspecified atom stereocenters. The highest BCUT2D eigenvalue weighted by atomic mass is 19.1. The van der Waals surface area contributed by atoms with Gasteiger partial charge >= 0.3 is 0 Å². The SMILES string of the molecule is Fc1ccc(C2CCNCc3c2ccc(Oc2cccnn2)c3F)cc1. The van der Waals surface area contributed by atoms with Crippen LogP contribution < -0.4 is 10.1 Å². The van der Waals surface area contributed by atoms with Gasteiger partial charge in [-0.2, -0.15) is 5.10 Å². The molecule has 4 nitrogen and oxygen atoms in total. The van der Waals surface area contributed by atoms with Crippen molar-refractivity contribution in [3.8, 4) is 11.6 Å². The zero-order valence-corrected chi connectivity index (χ0v) is 14.0. The van der Waals surface area contributed by atoms with Crippen LogP contribution in [0.3, 0.4) is 0 Å². The minimum atomic E-state index is -0.408. The van der Waals surface area contributed by atoms with Crippen molar-refractivity contribution in [2.75, 3.05) is 6.54 Å². The van der Waals surface area contributed by atoms with Gasteiger partial charge in [-0.1, -0.05) is 18.2 Å². The van der Waals surface area contributed by atoms with Crippen molar-refractivity contribution in [2.45, 2.75) is 18.9 Å². The molecule has 0 spiro atoms. The largest absolute Gasteiger partial charge is 0.434 e. The van der Waals surface area contributed by atoms with Crippen LogP contribution in [0, 0.1) is 11.6 Å². The highest BCUT2D eigenvalue weighted by molar-refractivity contribution is 5.45. The van der Waals surface area contributed by atoms with Gasteiger partial charge in [0.15, 0.2) is 11.6 Å². The molecule has 132 valence electrons. The van der Waals surface area contributed by atoms with E-state index in [0.29, 0.717) is 12.1 Å². The van der Waals surface area contributed by atoms with Gasteiger partial charge in [-0.25, -0.2) is 8.78 Å². The molecule has 1 atom stereocenters. The van der Waals surface area contributed by atoms with Crippen molar-refractivity contribution in [3.05, 3.63) is 83.1 Å². The monoisotopic (exact) mass is 353 g/mol. The maximum absolute atomic E-state index is 15.1. The summed E-state index contributed by atoms with van der Waals surface area (Å²) in [6.45, 7) is 1.16. The second kappa shape index (κ2) is 7.17. The number of ether oxygens (including phenoxy) is 1. The fraction of sp³-hybridized carbons (Fsp3) is 0.200. The van der Waals surface area contributed by atoms with E-state index in [1.807, 2.05) is 6.07 Å². The van der Waals surface area contributed by atoms with Gasteiger partial charge in [-0.15, -0.1) is 5.10 Å². The third kappa shape index (κ3) is 3.28. The molecule has 0 fully saturated rings. The number of hydrogen-bond acceptors (Lipinski definition) is 4. The van der Waals surface area contributed by atoms with Gasteiger partial charge in [-0.05, 0) is 48.4 Å². The van der Waals surface area contributed by atoms with E-state index in [4.69, 9.17) is 4.74 Å². The number of nitrogens with one attached hydrogen (secondary N) is 1. The molecule has 0 bridgehead atoms. The van der Waals surface area contributed by atoms with Crippen molar-refractivity contribution in [1.82, 2.24) is 15.5 Å². The maximum Gasteiger partial charge on any atom is 0.238 e. The smallest absolute Gasteiger partial charge is 0.238 e. The topological polar surface area (TPSA) is 47.0 Å². The number of fused-ring (bicyclic) bond motifs is 1. The molecule has 3 aromatic rings. The van der Waals surface area contributed by atoms with Gasteiger partial charge in [0, 0.05) is 30.3 Å². The summed E-state index contributed by atoms with van der Waals surface area (Å²) in [4.78, 5) is 0. The summed E-state index contributed by atoms with van der Waals surface area (Å²) in [7, 11) is 0. The van der Waals surface area contributed by atoms with Crippen molar-refractivity contribution in [1.29, 1.82) is 0 Å².